The van der Waals surface area contributed by atoms with Gasteiger partial charge in [0.15, 0.2) is 0 Å². The number of aromatic nitrogens is 2. The van der Waals surface area contributed by atoms with E-state index in [0.29, 0.717) is 11.5 Å². The van der Waals surface area contributed by atoms with Crippen LogP contribution in [0.5, 0.6) is 11.5 Å². The fourth-order valence-electron chi connectivity index (χ4n) is 2.72. The average molecular weight is 424 g/mol. The summed E-state index contributed by atoms with van der Waals surface area (Å²) in [5, 5.41) is 14.6. The van der Waals surface area contributed by atoms with Crippen LogP contribution in [-0.4, -0.2) is 35.0 Å². The molecule has 2 aromatic carbocycles. The van der Waals surface area contributed by atoms with Crippen molar-refractivity contribution in [1.29, 1.82) is 0 Å². The van der Waals surface area contributed by atoms with Crippen LogP contribution in [0.2, 0.25) is 0 Å². The second-order valence-corrected chi connectivity index (χ2v) is 6.16. The molecule has 0 atom stereocenters. The van der Waals surface area contributed by atoms with E-state index in [1.54, 1.807) is 43.5 Å². The molecule has 160 valence electrons. The van der Waals surface area contributed by atoms with Gasteiger partial charge in [-0.3, -0.25) is 25.8 Å². The van der Waals surface area contributed by atoms with Crippen molar-refractivity contribution in [2.75, 3.05) is 25.0 Å². The van der Waals surface area contributed by atoms with Crippen molar-refractivity contribution in [3.05, 3.63) is 76.1 Å². The molecule has 0 aliphatic rings. The Balaban J connectivity index is 1.75. The van der Waals surface area contributed by atoms with Crippen LogP contribution in [0.25, 0.3) is 0 Å². The molecule has 11 heteroatoms. The molecule has 1 amide bonds. The SMILES string of the molecule is COc1ccc(CNc2ncnc(NNC(=O)c3ccccc3OC)c2[N+](=O)[O-])cc1. The first kappa shape index (κ1) is 21.3. The molecule has 0 fully saturated rings. The summed E-state index contributed by atoms with van der Waals surface area (Å²) in [6, 6.07) is 13.8. The smallest absolute Gasteiger partial charge is 0.354 e. The topological polar surface area (TPSA) is 141 Å². The number of ether oxygens (including phenoxy) is 2. The number of nitrogens with zero attached hydrogens (tertiary/aromatic N) is 3. The maximum absolute atomic E-state index is 12.4. The number of hydrogen-bond acceptors (Lipinski definition) is 9. The van der Waals surface area contributed by atoms with Gasteiger partial charge in [-0.25, -0.2) is 9.97 Å². The molecule has 3 aromatic rings. The van der Waals surface area contributed by atoms with E-state index in [1.165, 1.54) is 7.11 Å². The second-order valence-electron chi connectivity index (χ2n) is 6.16. The van der Waals surface area contributed by atoms with Crippen molar-refractivity contribution in [2.24, 2.45) is 0 Å². The predicted octanol–water partition coefficient (Wildman–Crippen LogP) is 2.77. The van der Waals surface area contributed by atoms with Crippen molar-refractivity contribution in [3.8, 4) is 11.5 Å². The van der Waals surface area contributed by atoms with E-state index < -0.39 is 16.5 Å². The fourth-order valence-corrected chi connectivity index (χ4v) is 2.72. The van der Waals surface area contributed by atoms with E-state index in [9.17, 15) is 14.9 Å². The molecule has 0 bridgehead atoms. The Bertz CT molecular complexity index is 1070. The zero-order chi connectivity index (χ0) is 22.2. The number of nitro groups is 1. The van der Waals surface area contributed by atoms with Gasteiger partial charge in [-0.05, 0) is 29.8 Å². The van der Waals surface area contributed by atoms with Gasteiger partial charge >= 0.3 is 5.69 Å². The molecular weight excluding hydrogens is 404 g/mol. The lowest BCUT2D eigenvalue weighted by molar-refractivity contribution is -0.383. The third-order valence-corrected chi connectivity index (χ3v) is 4.27. The number of rotatable bonds is 9. The molecule has 0 radical (unpaired) electrons. The Labute approximate surface area is 177 Å². The normalized spacial score (nSPS) is 10.1. The van der Waals surface area contributed by atoms with Crippen LogP contribution in [0, 0.1) is 10.1 Å². The zero-order valence-electron chi connectivity index (χ0n) is 16.8. The van der Waals surface area contributed by atoms with Crippen molar-refractivity contribution in [2.45, 2.75) is 6.54 Å². The van der Waals surface area contributed by atoms with Gasteiger partial charge in [0.25, 0.3) is 5.91 Å². The molecule has 0 aliphatic carbocycles. The average Bonchev–Trinajstić information content (AvgIpc) is 2.81. The first-order valence-electron chi connectivity index (χ1n) is 9.09. The van der Waals surface area contributed by atoms with E-state index in [2.05, 4.69) is 26.1 Å². The van der Waals surface area contributed by atoms with E-state index >= 15 is 0 Å². The van der Waals surface area contributed by atoms with Crippen LogP contribution >= 0.6 is 0 Å². The highest BCUT2D eigenvalue weighted by Gasteiger charge is 2.23. The predicted molar refractivity (Wildman–Crippen MR) is 113 cm³/mol. The van der Waals surface area contributed by atoms with Gasteiger partial charge in [-0.2, -0.15) is 0 Å². The van der Waals surface area contributed by atoms with Crippen LogP contribution in [0.15, 0.2) is 54.9 Å². The number of hydrogen-bond donors (Lipinski definition) is 3. The highest BCUT2D eigenvalue weighted by molar-refractivity contribution is 5.97. The molecule has 1 aromatic heterocycles. The van der Waals surface area contributed by atoms with Crippen molar-refractivity contribution < 1.29 is 19.2 Å². The summed E-state index contributed by atoms with van der Waals surface area (Å²) < 4.78 is 10.3. The molecule has 0 aliphatic heterocycles. The van der Waals surface area contributed by atoms with E-state index in [-0.39, 0.29) is 23.7 Å². The molecule has 1 heterocycles. The van der Waals surface area contributed by atoms with Crippen molar-refractivity contribution >= 4 is 23.2 Å². The third kappa shape index (κ3) is 5.15. The summed E-state index contributed by atoms with van der Waals surface area (Å²) >= 11 is 0. The summed E-state index contributed by atoms with van der Waals surface area (Å²) in [4.78, 5) is 31.3. The molecule has 3 N–H and O–H groups in total. The number of carbonyl (C=O) groups is 1. The second kappa shape index (κ2) is 9.87. The van der Waals surface area contributed by atoms with Gasteiger partial charge in [0.2, 0.25) is 11.6 Å². The summed E-state index contributed by atoms with van der Waals surface area (Å²) in [5.41, 5.74) is 5.61. The number of para-hydroxylation sites is 1. The Kier molecular flexibility index (Phi) is 6.78. The van der Waals surface area contributed by atoms with Crippen LogP contribution in [-0.2, 0) is 6.54 Å². The van der Waals surface area contributed by atoms with Gasteiger partial charge in [0.05, 0.1) is 24.7 Å². The molecular formula is C20H20N6O5. The summed E-state index contributed by atoms with van der Waals surface area (Å²) in [5.74, 6) is 0.360. The number of amides is 1. The van der Waals surface area contributed by atoms with E-state index in [0.717, 1.165) is 11.9 Å². The molecule has 0 unspecified atom stereocenters. The standard InChI is InChI=1S/C20H20N6O5/c1-30-14-9-7-13(8-10-14)11-21-18-17(26(28)29)19(23-12-22-18)24-25-20(27)15-5-3-4-6-16(15)31-2/h3-10,12H,11H2,1-2H3,(H,25,27)(H2,21,22,23,24). The fraction of sp³-hybridized carbons (Fsp3) is 0.150. The summed E-state index contributed by atoms with van der Waals surface area (Å²) in [6.45, 7) is 0.287. The number of nitrogens with one attached hydrogen (secondary N) is 3. The zero-order valence-corrected chi connectivity index (χ0v) is 16.8. The number of benzene rings is 2. The lowest BCUT2D eigenvalue weighted by atomic mass is 10.2. The maximum atomic E-state index is 12.4. The van der Waals surface area contributed by atoms with Crippen LogP contribution in [0.1, 0.15) is 15.9 Å². The Morgan fingerprint density at radius 2 is 1.74 bits per heavy atom. The summed E-state index contributed by atoms with van der Waals surface area (Å²) in [6.07, 6.45) is 1.15. The Morgan fingerprint density at radius 1 is 1.03 bits per heavy atom. The van der Waals surface area contributed by atoms with Crippen LogP contribution in [0.3, 0.4) is 0 Å². The number of anilines is 2. The first-order chi connectivity index (χ1) is 15.0. The van der Waals surface area contributed by atoms with Gasteiger partial charge in [0, 0.05) is 6.54 Å². The Hall–Kier alpha value is -4.41. The minimum atomic E-state index is -0.631. The highest BCUT2D eigenvalue weighted by Crippen LogP contribution is 2.29. The minimum absolute atomic E-state index is 0.00450. The van der Waals surface area contributed by atoms with Gasteiger partial charge < -0.3 is 14.8 Å². The van der Waals surface area contributed by atoms with Crippen LogP contribution < -0.4 is 25.6 Å². The minimum Gasteiger partial charge on any atom is -0.497 e. The Morgan fingerprint density at radius 3 is 2.42 bits per heavy atom. The van der Waals surface area contributed by atoms with Crippen molar-refractivity contribution in [1.82, 2.24) is 15.4 Å². The monoisotopic (exact) mass is 424 g/mol. The summed E-state index contributed by atoms with van der Waals surface area (Å²) in [7, 11) is 3.01. The van der Waals surface area contributed by atoms with E-state index in [4.69, 9.17) is 9.47 Å². The first-order valence-corrected chi connectivity index (χ1v) is 9.09. The van der Waals surface area contributed by atoms with Gasteiger partial charge in [0.1, 0.15) is 17.8 Å². The highest BCUT2D eigenvalue weighted by atomic mass is 16.6. The maximum Gasteiger partial charge on any atom is 0.354 e. The van der Waals surface area contributed by atoms with Gasteiger partial charge in [-0.15, -0.1) is 0 Å². The third-order valence-electron chi connectivity index (χ3n) is 4.27. The molecule has 3 rings (SSSR count). The molecule has 0 spiro atoms. The molecule has 0 saturated carbocycles. The van der Waals surface area contributed by atoms with Gasteiger partial charge in [-0.1, -0.05) is 24.3 Å². The molecule has 0 saturated heterocycles. The number of carbonyl (C=O) groups excluding carboxylic acids is 1. The number of hydrazine groups is 1. The molecule has 11 nitrogen and oxygen atoms in total. The quantitative estimate of drug-likeness (QED) is 0.349. The number of methoxy groups -OCH3 is 2. The molecule has 31 heavy (non-hydrogen) atoms. The lowest BCUT2D eigenvalue weighted by Crippen LogP contribution is -2.30. The van der Waals surface area contributed by atoms with Crippen molar-refractivity contribution in [3.63, 3.8) is 0 Å². The van der Waals surface area contributed by atoms with Crippen LogP contribution in [0.4, 0.5) is 17.3 Å². The van der Waals surface area contributed by atoms with E-state index in [1.807, 2.05) is 12.1 Å². The lowest BCUT2D eigenvalue weighted by Gasteiger charge is -2.12. The largest absolute Gasteiger partial charge is 0.497 e.